The van der Waals surface area contributed by atoms with Crippen molar-refractivity contribution in [2.75, 3.05) is 28.4 Å². The van der Waals surface area contributed by atoms with Crippen molar-refractivity contribution in [3.63, 3.8) is 0 Å². The normalized spacial score (nSPS) is 12.0. The molecule has 1 N–H and O–H groups in total. The van der Waals surface area contributed by atoms with Gasteiger partial charge in [0.25, 0.3) is 0 Å². The molecule has 0 bridgehead atoms. The summed E-state index contributed by atoms with van der Waals surface area (Å²) >= 11 is 1.76. The topological polar surface area (TPSA) is 39.7 Å². The van der Waals surface area contributed by atoms with Crippen LogP contribution in [-0.4, -0.2) is 28.4 Å². The van der Waals surface area contributed by atoms with Gasteiger partial charge in [0.15, 0.2) is 11.5 Å². The minimum absolute atomic E-state index is 0.390. The molecule has 2 rings (SSSR count). The summed E-state index contributed by atoms with van der Waals surface area (Å²) in [6.45, 7) is 2.18. The molecule has 0 fully saturated rings. The third-order valence-corrected chi connectivity index (χ3v) is 4.76. The van der Waals surface area contributed by atoms with Gasteiger partial charge in [0, 0.05) is 10.9 Å². The minimum Gasteiger partial charge on any atom is -0.493 e. The summed E-state index contributed by atoms with van der Waals surface area (Å²) in [5.41, 5.74) is 2.22. The number of nitrogens with one attached hydrogen (secondary N) is 1. The van der Waals surface area contributed by atoms with E-state index in [1.165, 1.54) is 4.88 Å². The van der Waals surface area contributed by atoms with E-state index in [1.54, 1.807) is 32.7 Å². The Balaban J connectivity index is 2.44. The van der Waals surface area contributed by atoms with Crippen LogP contribution >= 0.6 is 11.3 Å². The fourth-order valence-electron chi connectivity index (χ4n) is 2.48. The predicted molar refractivity (Wildman–Crippen MR) is 91.5 cm³/mol. The highest BCUT2D eigenvalue weighted by molar-refractivity contribution is 7.10. The van der Waals surface area contributed by atoms with Gasteiger partial charge < -0.3 is 19.5 Å². The molecule has 22 heavy (non-hydrogen) atoms. The van der Waals surface area contributed by atoms with Crippen molar-refractivity contribution in [3.8, 4) is 28.4 Å². The molecule has 1 heterocycles. The molecular formula is C17H23NO3S. The molecule has 0 radical (unpaired) electrons. The first-order chi connectivity index (χ1) is 10.7. The van der Waals surface area contributed by atoms with Crippen LogP contribution in [0.1, 0.15) is 24.3 Å². The van der Waals surface area contributed by atoms with Crippen molar-refractivity contribution in [3.05, 3.63) is 28.5 Å². The Bertz CT molecular complexity index is 595. The highest BCUT2D eigenvalue weighted by Crippen LogP contribution is 2.42. The van der Waals surface area contributed by atoms with Gasteiger partial charge in [0.05, 0.1) is 21.3 Å². The maximum atomic E-state index is 5.42. The zero-order valence-electron chi connectivity index (χ0n) is 13.7. The van der Waals surface area contributed by atoms with E-state index in [4.69, 9.17) is 14.2 Å². The van der Waals surface area contributed by atoms with Gasteiger partial charge in [0.2, 0.25) is 5.75 Å². The summed E-state index contributed by atoms with van der Waals surface area (Å²) in [5.74, 6) is 1.96. The molecule has 120 valence electrons. The van der Waals surface area contributed by atoms with Gasteiger partial charge in [-0.25, -0.2) is 0 Å². The van der Waals surface area contributed by atoms with Crippen LogP contribution in [0.2, 0.25) is 0 Å². The first-order valence-corrected chi connectivity index (χ1v) is 8.12. The molecule has 0 aliphatic rings. The average Bonchev–Trinajstić information content (AvgIpc) is 3.04. The molecule has 5 heteroatoms. The van der Waals surface area contributed by atoms with E-state index in [2.05, 4.69) is 23.7 Å². The number of thiophene rings is 1. The molecule has 4 nitrogen and oxygen atoms in total. The van der Waals surface area contributed by atoms with Gasteiger partial charge in [-0.2, -0.15) is 0 Å². The molecule has 0 amide bonds. The lowest BCUT2D eigenvalue weighted by Gasteiger charge is -2.14. The van der Waals surface area contributed by atoms with Crippen LogP contribution in [0, 0.1) is 0 Å². The van der Waals surface area contributed by atoms with Gasteiger partial charge in [0.1, 0.15) is 0 Å². The summed E-state index contributed by atoms with van der Waals surface area (Å²) in [6.07, 6.45) is 1.06. The van der Waals surface area contributed by atoms with Crippen LogP contribution in [0.15, 0.2) is 23.6 Å². The minimum atomic E-state index is 0.390. The summed E-state index contributed by atoms with van der Waals surface area (Å²) in [5, 5.41) is 5.50. The van der Waals surface area contributed by atoms with Crippen molar-refractivity contribution in [2.24, 2.45) is 0 Å². The zero-order valence-corrected chi connectivity index (χ0v) is 14.5. The molecule has 2 aromatic rings. The Morgan fingerprint density at radius 1 is 1.00 bits per heavy atom. The van der Waals surface area contributed by atoms with Crippen molar-refractivity contribution in [1.82, 2.24) is 5.32 Å². The van der Waals surface area contributed by atoms with Crippen molar-refractivity contribution in [2.45, 2.75) is 19.4 Å². The van der Waals surface area contributed by atoms with Crippen LogP contribution in [0.25, 0.3) is 11.1 Å². The second kappa shape index (κ2) is 7.51. The van der Waals surface area contributed by atoms with Gasteiger partial charge in [-0.05, 0) is 48.2 Å². The lowest BCUT2D eigenvalue weighted by molar-refractivity contribution is 0.324. The Kier molecular flexibility index (Phi) is 5.69. The highest BCUT2D eigenvalue weighted by atomic mass is 32.1. The van der Waals surface area contributed by atoms with E-state index in [0.29, 0.717) is 23.3 Å². The van der Waals surface area contributed by atoms with Crippen LogP contribution < -0.4 is 19.5 Å². The van der Waals surface area contributed by atoms with Gasteiger partial charge >= 0.3 is 0 Å². The summed E-state index contributed by atoms with van der Waals surface area (Å²) in [7, 11) is 6.87. The molecule has 1 atom stereocenters. The molecule has 0 saturated heterocycles. The summed E-state index contributed by atoms with van der Waals surface area (Å²) in [6, 6.07) is 6.57. The first-order valence-electron chi connectivity index (χ1n) is 7.24. The number of methoxy groups -OCH3 is 3. The molecular weight excluding hydrogens is 298 g/mol. The Labute approximate surface area is 136 Å². The van der Waals surface area contributed by atoms with E-state index in [9.17, 15) is 0 Å². The lowest BCUT2D eigenvalue weighted by Crippen LogP contribution is -2.13. The summed E-state index contributed by atoms with van der Waals surface area (Å²) in [4.78, 5) is 1.33. The van der Waals surface area contributed by atoms with Gasteiger partial charge in [-0.3, -0.25) is 0 Å². The van der Waals surface area contributed by atoms with Crippen LogP contribution in [0.4, 0.5) is 0 Å². The lowest BCUT2D eigenvalue weighted by atomic mass is 10.1. The van der Waals surface area contributed by atoms with Crippen LogP contribution in [0.5, 0.6) is 17.2 Å². The number of rotatable bonds is 7. The van der Waals surface area contributed by atoms with E-state index < -0.39 is 0 Å². The molecule has 1 unspecified atom stereocenters. The first kappa shape index (κ1) is 16.6. The predicted octanol–water partition coefficient (Wildman–Crippen LogP) is 4.11. The van der Waals surface area contributed by atoms with Gasteiger partial charge in [-0.15, -0.1) is 11.3 Å². The molecule has 1 aromatic carbocycles. The molecule has 0 saturated carbocycles. The van der Waals surface area contributed by atoms with Crippen molar-refractivity contribution in [1.29, 1.82) is 0 Å². The van der Waals surface area contributed by atoms with Crippen LogP contribution in [0.3, 0.4) is 0 Å². The van der Waals surface area contributed by atoms with E-state index in [0.717, 1.165) is 17.5 Å². The fourth-order valence-corrected chi connectivity index (χ4v) is 3.59. The summed E-state index contributed by atoms with van der Waals surface area (Å²) < 4.78 is 16.2. The Morgan fingerprint density at radius 3 is 2.09 bits per heavy atom. The molecule has 1 aromatic heterocycles. The number of ether oxygens (including phenoxy) is 3. The quantitative estimate of drug-likeness (QED) is 0.833. The van der Waals surface area contributed by atoms with E-state index in [1.807, 2.05) is 19.2 Å². The molecule has 0 spiro atoms. The monoisotopic (exact) mass is 321 g/mol. The number of hydrogen-bond donors (Lipinski definition) is 1. The Hall–Kier alpha value is -1.72. The number of hydrogen-bond acceptors (Lipinski definition) is 5. The largest absolute Gasteiger partial charge is 0.493 e. The maximum Gasteiger partial charge on any atom is 0.203 e. The van der Waals surface area contributed by atoms with E-state index >= 15 is 0 Å². The molecule has 0 aliphatic carbocycles. The highest BCUT2D eigenvalue weighted by Gasteiger charge is 2.16. The average molecular weight is 321 g/mol. The number of benzene rings is 1. The smallest absolute Gasteiger partial charge is 0.203 e. The van der Waals surface area contributed by atoms with E-state index in [-0.39, 0.29) is 0 Å². The zero-order chi connectivity index (χ0) is 16.1. The third kappa shape index (κ3) is 3.20. The standard InChI is InChI=1S/C17H23NO3S/c1-6-13(18-2)16-9-12(10-22-16)11-7-14(19-3)17(21-5)15(8-11)20-4/h7-10,13,18H,6H2,1-5H3. The fraction of sp³-hybridized carbons (Fsp3) is 0.412. The second-order valence-electron chi connectivity index (χ2n) is 4.90. The molecule has 0 aliphatic heterocycles. The van der Waals surface area contributed by atoms with Crippen molar-refractivity contribution < 1.29 is 14.2 Å². The third-order valence-electron chi connectivity index (χ3n) is 3.72. The van der Waals surface area contributed by atoms with Crippen molar-refractivity contribution >= 4 is 11.3 Å². The SMILES string of the molecule is CCC(NC)c1cc(-c2cc(OC)c(OC)c(OC)c2)cs1. The Morgan fingerprint density at radius 2 is 1.64 bits per heavy atom. The van der Waals surface area contributed by atoms with Gasteiger partial charge in [-0.1, -0.05) is 6.92 Å². The second-order valence-corrected chi connectivity index (χ2v) is 5.84. The van der Waals surface area contributed by atoms with Crippen LogP contribution in [-0.2, 0) is 0 Å². The maximum absolute atomic E-state index is 5.42.